The lowest BCUT2D eigenvalue weighted by atomic mass is 10.3. The number of imidazole rings is 1. The summed E-state index contributed by atoms with van der Waals surface area (Å²) >= 11 is 9.77. The topological polar surface area (TPSA) is 43.9 Å². The highest BCUT2D eigenvalue weighted by atomic mass is 79.9. The van der Waals surface area contributed by atoms with E-state index < -0.39 is 0 Å². The predicted molar refractivity (Wildman–Crippen MR) is 86.7 cm³/mol. The van der Waals surface area contributed by atoms with Crippen molar-refractivity contribution in [2.45, 2.75) is 32.2 Å². The number of fused-ring (bicyclic) bond motifs is 1. The molecule has 6 heteroatoms. The summed E-state index contributed by atoms with van der Waals surface area (Å²) in [5.74, 6) is 2.38. The first-order valence-corrected chi connectivity index (χ1v) is 8.04. The maximum absolute atomic E-state index is 6.27. The van der Waals surface area contributed by atoms with Crippen LogP contribution in [0.25, 0.3) is 11.0 Å². The van der Waals surface area contributed by atoms with Gasteiger partial charge in [0.15, 0.2) is 0 Å². The highest BCUT2D eigenvalue weighted by Gasteiger charge is 2.17. The molecule has 1 unspecified atom stereocenters. The third-order valence-electron chi connectivity index (χ3n) is 3.34. The Balaban J connectivity index is 2.09. The zero-order valence-electron chi connectivity index (χ0n) is 11.8. The van der Waals surface area contributed by atoms with Crippen LogP contribution in [0.15, 0.2) is 33.3 Å². The van der Waals surface area contributed by atoms with Crippen LogP contribution < -0.4 is 0 Å². The molecule has 21 heavy (non-hydrogen) atoms. The van der Waals surface area contributed by atoms with Gasteiger partial charge < -0.3 is 8.98 Å². The molecule has 4 nitrogen and oxygen atoms in total. The number of rotatable bonds is 4. The van der Waals surface area contributed by atoms with Gasteiger partial charge in [-0.2, -0.15) is 0 Å². The summed E-state index contributed by atoms with van der Waals surface area (Å²) in [7, 11) is 0. The highest BCUT2D eigenvalue weighted by Crippen LogP contribution is 2.27. The molecule has 2 aromatic heterocycles. The second-order valence-corrected chi connectivity index (χ2v) is 6.45. The lowest BCUT2D eigenvalue weighted by Gasteiger charge is -2.08. The van der Waals surface area contributed by atoms with Crippen molar-refractivity contribution in [2.75, 3.05) is 0 Å². The van der Waals surface area contributed by atoms with E-state index >= 15 is 0 Å². The Morgan fingerprint density at radius 3 is 2.90 bits per heavy atom. The number of halogens is 2. The fourth-order valence-corrected chi connectivity index (χ4v) is 2.82. The van der Waals surface area contributed by atoms with E-state index in [1.165, 1.54) is 0 Å². The second kappa shape index (κ2) is 5.81. The first-order valence-electron chi connectivity index (χ1n) is 6.81. The molecule has 0 aliphatic carbocycles. The third kappa shape index (κ3) is 2.85. The summed E-state index contributed by atoms with van der Waals surface area (Å²) in [6, 6.07) is 5.99. The van der Waals surface area contributed by atoms with E-state index in [2.05, 4.69) is 30.5 Å². The minimum atomic E-state index is -0.184. The van der Waals surface area contributed by atoms with Gasteiger partial charge in [-0.1, -0.05) is 22.9 Å². The molecule has 2 heterocycles. The minimum absolute atomic E-state index is 0.184. The summed E-state index contributed by atoms with van der Waals surface area (Å²) in [4.78, 5) is 8.94. The number of alkyl halides is 1. The van der Waals surface area contributed by atoms with Crippen LogP contribution in [0, 0.1) is 0 Å². The average Bonchev–Trinajstić information content (AvgIpc) is 3.04. The number of benzene rings is 1. The summed E-state index contributed by atoms with van der Waals surface area (Å²) in [5.41, 5.74) is 1.94. The molecule has 3 rings (SSSR count). The van der Waals surface area contributed by atoms with Crippen molar-refractivity contribution in [3.8, 4) is 0 Å². The largest absolute Gasteiger partial charge is 0.444 e. The quantitative estimate of drug-likeness (QED) is 0.627. The van der Waals surface area contributed by atoms with Gasteiger partial charge in [0, 0.05) is 10.9 Å². The van der Waals surface area contributed by atoms with Crippen molar-refractivity contribution in [2.24, 2.45) is 0 Å². The van der Waals surface area contributed by atoms with Crippen LogP contribution in [0.1, 0.15) is 36.7 Å². The van der Waals surface area contributed by atoms with Crippen molar-refractivity contribution in [3.05, 3.63) is 46.3 Å². The zero-order chi connectivity index (χ0) is 15.0. The molecular formula is C15H15BrClN3O. The number of hydrogen-bond acceptors (Lipinski definition) is 3. The Hall–Kier alpha value is -1.33. The third-order valence-corrected chi connectivity index (χ3v) is 4.03. The first kappa shape index (κ1) is 14.6. The van der Waals surface area contributed by atoms with Gasteiger partial charge in [-0.15, -0.1) is 11.6 Å². The molecular weight excluding hydrogens is 354 g/mol. The van der Waals surface area contributed by atoms with E-state index in [-0.39, 0.29) is 5.38 Å². The van der Waals surface area contributed by atoms with Crippen molar-refractivity contribution >= 4 is 38.6 Å². The lowest BCUT2D eigenvalue weighted by Crippen LogP contribution is -2.06. The molecule has 0 saturated carbocycles. The first-order chi connectivity index (χ1) is 10.1. The normalized spacial score (nSPS) is 13.0. The number of aromatic nitrogens is 3. The van der Waals surface area contributed by atoms with Gasteiger partial charge >= 0.3 is 0 Å². The molecule has 3 aromatic rings. The number of oxazole rings is 1. The summed E-state index contributed by atoms with van der Waals surface area (Å²) in [6.07, 6.45) is 2.61. The standard InChI is InChI=1S/C15H15BrClN3O/c1-3-11-7-18-14(21-11)8-20-13-6-10(16)4-5-12(13)19-15(20)9(2)17/h4-7,9H,3,8H2,1-2H3. The van der Waals surface area contributed by atoms with E-state index in [1.807, 2.05) is 32.0 Å². The van der Waals surface area contributed by atoms with Gasteiger partial charge in [0.1, 0.15) is 18.1 Å². The lowest BCUT2D eigenvalue weighted by molar-refractivity contribution is 0.445. The van der Waals surface area contributed by atoms with E-state index in [1.54, 1.807) is 6.20 Å². The van der Waals surface area contributed by atoms with Crippen LogP contribution in [0.3, 0.4) is 0 Å². The van der Waals surface area contributed by atoms with Gasteiger partial charge in [-0.05, 0) is 25.1 Å². The van der Waals surface area contributed by atoms with Crippen molar-refractivity contribution in [1.82, 2.24) is 14.5 Å². The van der Waals surface area contributed by atoms with E-state index in [0.29, 0.717) is 12.4 Å². The Kier molecular flexibility index (Phi) is 4.04. The predicted octanol–water partition coefficient (Wildman–Crippen LogP) is 4.70. The van der Waals surface area contributed by atoms with Gasteiger partial charge in [0.2, 0.25) is 5.89 Å². The van der Waals surface area contributed by atoms with Gasteiger partial charge in [0.05, 0.1) is 22.6 Å². The smallest absolute Gasteiger partial charge is 0.214 e. The van der Waals surface area contributed by atoms with Crippen LogP contribution in [-0.2, 0) is 13.0 Å². The average molecular weight is 369 g/mol. The SMILES string of the molecule is CCc1cnc(Cn2c(C(C)Cl)nc3ccc(Br)cc32)o1. The maximum atomic E-state index is 6.27. The molecule has 0 spiro atoms. The van der Waals surface area contributed by atoms with Crippen LogP contribution in [-0.4, -0.2) is 14.5 Å². The Bertz CT molecular complexity index is 778. The Morgan fingerprint density at radius 2 is 2.24 bits per heavy atom. The number of hydrogen-bond donors (Lipinski definition) is 0. The Labute approximate surface area is 136 Å². The zero-order valence-corrected chi connectivity index (χ0v) is 14.1. The van der Waals surface area contributed by atoms with Crippen molar-refractivity contribution < 1.29 is 4.42 Å². The van der Waals surface area contributed by atoms with Crippen molar-refractivity contribution in [1.29, 1.82) is 0 Å². The number of nitrogens with zero attached hydrogens (tertiary/aromatic N) is 3. The summed E-state index contributed by atoms with van der Waals surface area (Å²) in [6.45, 7) is 4.49. The molecule has 0 N–H and O–H groups in total. The van der Waals surface area contributed by atoms with E-state index in [9.17, 15) is 0 Å². The molecule has 0 bridgehead atoms. The Morgan fingerprint density at radius 1 is 1.43 bits per heavy atom. The molecule has 1 atom stereocenters. The van der Waals surface area contributed by atoms with Gasteiger partial charge in [-0.25, -0.2) is 9.97 Å². The van der Waals surface area contributed by atoms with Crippen LogP contribution in [0.5, 0.6) is 0 Å². The molecule has 1 aromatic carbocycles. The second-order valence-electron chi connectivity index (χ2n) is 4.88. The van der Waals surface area contributed by atoms with Crippen LogP contribution in [0.4, 0.5) is 0 Å². The fourth-order valence-electron chi connectivity index (χ4n) is 2.30. The van der Waals surface area contributed by atoms with Crippen molar-refractivity contribution in [3.63, 3.8) is 0 Å². The summed E-state index contributed by atoms with van der Waals surface area (Å²) in [5, 5.41) is -0.184. The van der Waals surface area contributed by atoms with Crippen LogP contribution in [0.2, 0.25) is 0 Å². The van der Waals surface area contributed by atoms with E-state index in [0.717, 1.165) is 33.5 Å². The fraction of sp³-hybridized carbons (Fsp3) is 0.333. The van der Waals surface area contributed by atoms with Crippen LogP contribution >= 0.6 is 27.5 Å². The monoisotopic (exact) mass is 367 g/mol. The highest BCUT2D eigenvalue weighted by molar-refractivity contribution is 9.10. The molecule has 0 fully saturated rings. The molecule has 0 aliphatic rings. The molecule has 0 aliphatic heterocycles. The molecule has 0 amide bonds. The molecule has 0 saturated heterocycles. The molecule has 0 radical (unpaired) electrons. The van der Waals surface area contributed by atoms with Gasteiger partial charge in [-0.3, -0.25) is 0 Å². The van der Waals surface area contributed by atoms with Gasteiger partial charge in [0.25, 0.3) is 0 Å². The minimum Gasteiger partial charge on any atom is -0.444 e. The van der Waals surface area contributed by atoms with E-state index in [4.69, 9.17) is 16.0 Å². The maximum Gasteiger partial charge on any atom is 0.214 e. The molecule has 110 valence electrons. The summed E-state index contributed by atoms with van der Waals surface area (Å²) < 4.78 is 8.77. The number of aryl methyl sites for hydroxylation is 1.